The van der Waals surface area contributed by atoms with Gasteiger partial charge in [-0.15, -0.1) is 0 Å². The number of nitrogens with one attached hydrogen (secondary N) is 1. The summed E-state index contributed by atoms with van der Waals surface area (Å²) >= 11 is 0. The Morgan fingerprint density at radius 1 is 1.12 bits per heavy atom. The number of piperidine rings is 1. The van der Waals surface area contributed by atoms with Gasteiger partial charge in [-0.1, -0.05) is 29.8 Å². The van der Waals surface area contributed by atoms with Crippen LogP contribution < -0.4 is 5.32 Å². The Kier molecular flexibility index (Phi) is 5.74. The fourth-order valence-electron chi connectivity index (χ4n) is 3.95. The third kappa shape index (κ3) is 4.82. The van der Waals surface area contributed by atoms with Crippen molar-refractivity contribution in [3.63, 3.8) is 0 Å². The second kappa shape index (κ2) is 8.00. The molecule has 136 valence electrons. The van der Waals surface area contributed by atoms with Gasteiger partial charge in [-0.3, -0.25) is 14.5 Å². The number of nitrogens with zero attached hydrogens (tertiary/aromatic N) is 2. The smallest absolute Gasteiger partial charge is 0.221 e. The first-order chi connectivity index (χ1) is 12.0. The minimum absolute atomic E-state index is 0.101. The molecular weight excluding hydrogens is 314 g/mol. The number of amides is 2. The predicted molar refractivity (Wildman–Crippen MR) is 98.0 cm³/mol. The van der Waals surface area contributed by atoms with Crippen LogP contribution in [-0.4, -0.2) is 53.8 Å². The third-order valence-electron chi connectivity index (χ3n) is 5.51. The molecule has 5 nitrogen and oxygen atoms in total. The number of hydrogen-bond donors (Lipinski definition) is 1. The molecule has 2 atom stereocenters. The Balaban J connectivity index is 1.45. The van der Waals surface area contributed by atoms with Crippen molar-refractivity contribution in [2.75, 3.05) is 26.2 Å². The van der Waals surface area contributed by atoms with Crippen molar-refractivity contribution in [2.45, 2.75) is 45.7 Å². The molecule has 5 heteroatoms. The largest absolute Gasteiger partial charge is 0.352 e. The van der Waals surface area contributed by atoms with Gasteiger partial charge in [-0.2, -0.15) is 0 Å². The van der Waals surface area contributed by atoms with Gasteiger partial charge in [0, 0.05) is 52.1 Å². The summed E-state index contributed by atoms with van der Waals surface area (Å²) < 4.78 is 0. The number of aryl methyl sites for hydroxylation is 1. The number of carbonyl (C=O) groups is 2. The van der Waals surface area contributed by atoms with Crippen LogP contribution >= 0.6 is 0 Å². The molecule has 1 aromatic carbocycles. The van der Waals surface area contributed by atoms with Crippen LogP contribution in [0.15, 0.2) is 24.3 Å². The van der Waals surface area contributed by atoms with Crippen molar-refractivity contribution < 1.29 is 9.59 Å². The molecule has 0 saturated carbocycles. The molecule has 0 unspecified atom stereocenters. The molecule has 3 aliphatic heterocycles. The van der Waals surface area contributed by atoms with E-state index in [2.05, 4.69) is 41.4 Å². The van der Waals surface area contributed by atoms with Gasteiger partial charge in [0.25, 0.3) is 0 Å². The summed E-state index contributed by atoms with van der Waals surface area (Å²) in [6.45, 7) is 7.80. The zero-order valence-electron chi connectivity index (χ0n) is 15.3. The number of carbonyl (C=O) groups excluding carboxylic acids is 2. The van der Waals surface area contributed by atoms with Gasteiger partial charge < -0.3 is 10.2 Å². The van der Waals surface area contributed by atoms with Gasteiger partial charge in [-0.05, 0) is 31.2 Å². The molecule has 2 amide bonds. The lowest BCUT2D eigenvalue weighted by Gasteiger charge is -2.35. The van der Waals surface area contributed by atoms with Crippen LogP contribution in [0.2, 0.25) is 0 Å². The molecule has 2 bridgehead atoms. The first-order valence-electron chi connectivity index (χ1n) is 9.33. The van der Waals surface area contributed by atoms with E-state index < -0.39 is 0 Å². The monoisotopic (exact) mass is 343 g/mol. The van der Waals surface area contributed by atoms with E-state index in [0.717, 1.165) is 38.2 Å². The number of fused-ring (bicyclic) bond motifs is 4. The second-order valence-corrected chi connectivity index (χ2v) is 7.53. The van der Waals surface area contributed by atoms with E-state index in [9.17, 15) is 9.59 Å². The summed E-state index contributed by atoms with van der Waals surface area (Å²) in [5, 5.41) is 3.01. The van der Waals surface area contributed by atoms with E-state index >= 15 is 0 Å². The van der Waals surface area contributed by atoms with Gasteiger partial charge >= 0.3 is 0 Å². The highest BCUT2D eigenvalue weighted by molar-refractivity contribution is 5.76. The summed E-state index contributed by atoms with van der Waals surface area (Å²) in [7, 11) is 0. The van der Waals surface area contributed by atoms with E-state index in [0.29, 0.717) is 24.9 Å². The van der Waals surface area contributed by atoms with E-state index in [1.807, 2.05) is 4.90 Å². The highest BCUT2D eigenvalue weighted by Crippen LogP contribution is 2.28. The Bertz CT molecular complexity index is 614. The molecule has 0 radical (unpaired) electrons. The normalized spacial score (nSPS) is 23.4. The Morgan fingerprint density at radius 2 is 1.88 bits per heavy atom. The highest BCUT2D eigenvalue weighted by Gasteiger charge is 2.35. The SMILES string of the molecule is CC(=O)N1C[C@H]2CC[C@@H](C1)N(CCC(=O)NCc1ccc(C)cc1)C2. The molecule has 3 aliphatic rings. The zero-order chi connectivity index (χ0) is 17.8. The minimum Gasteiger partial charge on any atom is -0.352 e. The van der Waals surface area contributed by atoms with Crippen molar-refractivity contribution in [1.82, 2.24) is 15.1 Å². The first-order valence-corrected chi connectivity index (χ1v) is 9.33. The first kappa shape index (κ1) is 17.9. The topological polar surface area (TPSA) is 52.7 Å². The van der Waals surface area contributed by atoms with Gasteiger partial charge in [0.15, 0.2) is 0 Å². The lowest BCUT2D eigenvalue weighted by Crippen LogP contribution is -2.45. The highest BCUT2D eigenvalue weighted by atomic mass is 16.2. The molecule has 3 heterocycles. The van der Waals surface area contributed by atoms with Gasteiger partial charge in [0.1, 0.15) is 0 Å². The van der Waals surface area contributed by atoms with Crippen molar-refractivity contribution in [2.24, 2.45) is 5.92 Å². The molecular formula is C20H29N3O2. The summed E-state index contributed by atoms with van der Waals surface area (Å²) in [6, 6.07) is 8.65. The number of benzene rings is 1. The standard InChI is InChI=1S/C20H29N3O2/c1-15-3-5-17(6-4-15)11-21-20(25)9-10-22-12-18-7-8-19(22)14-23(13-18)16(2)24/h3-6,18-19H,7-14H2,1-2H3,(H,21,25)/t18-,19-/m0/s1. The predicted octanol–water partition coefficient (Wildman–Crippen LogP) is 1.94. The molecule has 0 spiro atoms. The van der Waals surface area contributed by atoms with E-state index in [4.69, 9.17) is 0 Å². The Hall–Kier alpha value is -1.88. The second-order valence-electron chi connectivity index (χ2n) is 7.53. The van der Waals surface area contributed by atoms with Crippen molar-refractivity contribution in [3.8, 4) is 0 Å². The Labute approximate surface area is 150 Å². The Morgan fingerprint density at radius 3 is 2.60 bits per heavy atom. The minimum atomic E-state index is 0.101. The number of rotatable bonds is 5. The van der Waals surface area contributed by atoms with Gasteiger partial charge in [0.05, 0.1) is 0 Å². The maximum Gasteiger partial charge on any atom is 0.221 e. The lowest BCUT2D eigenvalue weighted by atomic mass is 9.95. The summed E-state index contributed by atoms with van der Waals surface area (Å²) in [6.07, 6.45) is 2.86. The fraction of sp³-hybridized carbons (Fsp3) is 0.600. The molecule has 4 rings (SSSR count). The molecule has 25 heavy (non-hydrogen) atoms. The summed E-state index contributed by atoms with van der Waals surface area (Å²) in [5.74, 6) is 0.831. The van der Waals surface area contributed by atoms with Crippen LogP contribution in [0.1, 0.15) is 37.3 Å². The van der Waals surface area contributed by atoms with Gasteiger partial charge in [0.2, 0.25) is 11.8 Å². The molecule has 0 aliphatic carbocycles. The molecule has 1 N–H and O–H groups in total. The van der Waals surface area contributed by atoms with Crippen molar-refractivity contribution in [3.05, 3.63) is 35.4 Å². The summed E-state index contributed by atoms with van der Waals surface area (Å²) in [4.78, 5) is 28.3. The summed E-state index contributed by atoms with van der Waals surface area (Å²) in [5.41, 5.74) is 2.36. The maximum absolute atomic E-state index is 12.2. The molecule has 3 fully saturated rings. The molecule has 1 aromatic rings. The van der Waals surface area contributed by atoms with Gasteiger partial charge in [-0.25, -0.2) is 0 Å². The molecule has 3 saturated heterocycles. The van der Waals surface area contributed by atoms with Crippen molar-refractivity contribution in [1.29, 1.82) is 0 Å². The molecule has 0 aromatic heterocycles. The van der Waals surface area contributed by atoms with Crippen LogP contribution in [0.4, 0.5) is 0 Å². The van der Waals surface area contributed by atoms with Crippen LogP contribution in [0.3, 0.4) is 0 Å². The van der Waals surface area contributed by atoms with Crippen LogP contribution in [0.5, 0.6) is 0 Å². The zero-order valence-corrected chi connectivity index (χ0v) is 15.3. The van der Waals surface area contributed by atoms with Crippen molar-refractivity contribution >= 4 is 11.8 Å². The van der Waals surface area contributed by atoms with Crippen LogP contribution in [-0.2, 0) is 16.1 Å². The fourth-order valence-corrected chi connectivity index (χ4v) is 3.95. The third-order valence-corrected chi connectivity index (χ3v) is 5.51. The quantitative estimate of drug-likeness (QED) is 0.889. The van der Waals surface area contributed by atoms with E-state index in [1.165, 1.54) is 12.0 Å². The van der Waals surface area contributed by atoms with E-state index in [1.54, 1.807) is 6.92 Å². The lowest BCUT2D eigenvalue weighted by molar-refractivity contribution is -0.129. The van der Waals surface area contributed by atoms with Crippen LogP contribution in [0.25, 0.3) is 0 Å². The van der Waals surface area contributed by atoms with E-state index in [-0.39, 0.29) is 11.8 Å². The average Bonchev–Trinajstić information content (AvgIpc) is 2.91. The maximum atomic E-state index is 12.2. The number of hydrogen-bond acceptors (Lipinski definition) is 3. The van der Waals surface area contributed by atoms with Crippen LogP contribution in [0, 0.1) is 12.8 Å². The average molecular weight is 343 g/mol.